The first kappa shape index (κ1) is 12.6. The molecule has 3 aromatic rings. The van der Waals surface area contributed by atoms with Crippen LogP contribution in [0.5, 0.6) is 5.75 Å². The third kappa shape index (κ3) is 2.35. The molecule has 0 bridgehead atoms. The summed E-state index contributed by atoms with van der Waals surface area (Å²) in [5, 5.41) is 4.76. The summed E-state index contributed by atoms with van der Waals surface area (Å²) < 4.78 is 5.23. The Morgan fingerprint density at radius 1 is 1.15 bits per heavy atom. The van der Waals surface area contributed by atoms with Gasteiger partial charge in [-0.3, -0.25) is 0 Å². The van der Waals surface area contributed by atoms with Crippen LogP contribution >= 0.6 is 0 Å². The molecule has 0 radical (unpaired) electrons. The quantitative estimate of drug-likeness (QED) is 0.746. The molecule has 0 spiro atoms. The highest BCUT2D eigenvalue weighted by atomic mass is 16.5. The van der Waals surface area contributed by atoms with E-state index >= 15 is 0 Å². The molecule has 1 heterocycles. The van der Waals surface area contributed by atoms with E-state index in [-0.39, 0.29) is 0 Å². The van der Waals surface area contributed by atoms with E-state index in [1.807, 2.05) is 18.3 Å². The summed E-state index contributed by atoms with van der Waals surface area (Å²) in [4.78, 5) is 3.24. The van der Waals surface area contributed by atoms with Gasteiger partial charge in [-0.1, -0.05) is 12.1 Å². The standard InChI is InChI=1S/C17H18N2O/c1-12-10-14(20-2)6-7-16(12)19-11-13-4-3-5-17-15(13)8-9-18-17/h3-10,18-19H,11H2,1-2H3. The number of hydrogen-bond donors (Lipinski definition) is 2. The lowest BCUT2D eigenvalue weighted by Crippen LogP contribution is -2.01. The van der Waals surface area contributed by atoms with Crippen LogP contribution in [0.1, 0.15) is 11.1 Å². The van der Waals surface area contributed by atoms with E-state index in [1.54, 1.807) is 7.11 Å². The zero-order valence-corrected chi connectivity index (χ0v) is 11.7. The maximum atomic E-state index is 5.23. The van der Waals surface area contributed by atoms with Gasteiger partial charge >= 0.3 is 0 Å². The molecule has 1 aromatic heterocycles. The van der Waals surface area contributed by atoms with E-state index in [4.69, 9.17) is 4.74 Å². The number of anilines is 1. The van der Waals surface area contributed by atoms with E-state index in [2.05, 4.69) is 47.6 Å². The van der Waals surface area contributed by atoms with Crippen molar-refractivity contribution in [3.63, 3.8) is 0 Å². The van der Waals surface area contributed by atoms with Gasteiger partial charge < -0.3 is 15.0 Å². The SMILES string of the molecule is COc1ccc(NCc2cccc3[nH]ccc23)c(C)c1. The van der Waals surface area contributed by atoms with Crippen LogP contribution < -0.4 is 10.1 Å². The van der Waals surface area contributed by atoms with Gasteiger partial charge in [0, 0.05) is 29.3 Å². The van der Waals surface area contributed by atoms with Crippen molar-refractivity contribution in [2.24, 2.45) is 0 Å². The molecule has 102 valence electrons. The highest BCUT2D eigenvalue weighted by Gasteiger charge is 2.03. The molecular formula is C17H18N2O. The summed E-state index contributed by atoms with van der Waals surface area (Å²) in [5.74, 6) is 0.890. The van der Waals surface area contributed by atoms with Gasteiger partial charge in [-0.25, -0.2) is 0 Å². The van der Waals surface area contributed by atoms with Gasteiger partial charge in [-0.05, 0) is 48.4 Å². The van der Waals surface area contributed by atoms with Crippen LogP contribution in [0, 0.1) is 6.92 Å². The fraction of sp³-hybridized carbons (Fsp3) is 0.176. The Labute approximate surface area is 118 Å². The zero-order chi connectivity index (χ0) is 13.9. The number of aromatic amines is 1. The summed E-state index contributed by atoms with van der Waals surface area (Å²) >= 11 is 0. The Bertz CT molecular complexity index is 731. The topological polar surface area (TPSA) is 37.0 Å². The van der Waals surface area contributed by atoms with Crippen LogP contribution in [0.3, 0.4) is 0 Å². The number of fused-ring (bicyclic) bond motifs is 1. The van der Waals surface area contributed by atoms with Gasteiger partial charge in [0.15, 0.2) is 0 Å². The predicted octanol–water partition coefficient (Wildman–Crippen LogP) is 4.10. The van der Waals surface area contributed by atoms with E-state index < -0.39 is 0 Å². The highest BCUT2D eigenvalue weighted by Crippen LogP contribution is 2.23. The Hall–Kier alpha value is -2.42. The average Bonchev–Trinajstić information content (AvgIpc) is 2.95. The van der Waals surface area contributed by atoms with Gasteiger partial charge in [0.05, 0.1) is 7.11 Å². The Morgan fingerprint density at radius 2 is 2.05 bits per heavy atom. The van der Waals surface area contributed by atoms with Gasteiger partial charge in [-0.2, -0.15) is 0 Å². The number of rotatable bonds is 4. The lowest BCUT2D eigenvalue weighted by atomic mass is 10.1. The minimum atomic E-state index is 0.808. The first-order valence-corrected chi connectivity index (χ1v) is 6.71. The van der Waals surface area contributed by atoms with Gasteiger partial charge in [0.25, 0.3) is 0 Å². The molecule has 3 rings (SSSR count). The largest absolute Gasteiger partial charge is 0.497 e. The number of H-pyrrole nitrogens is 1. The van der Waals surface area contributed by atoms with Crippen molar-refractivity contribution in [3.8, 4) is 5.75 Å². The van der Waals surface area contributed by atoms with Crippen LogP contribution in [-0.4, -0.2) is 12.1 Å². The Kier molecular flexibility index (Phi) is 3.33. The molecule has 0 aliphatic rings. The normalized spacial score (nSPS) is 10.7. The molecule has 2 N–H and O–H groups in total. The van der Waals surface area contributed by atoms with Crippen LogP contribution in [0.4, 0.5) is 5.69 Å². The molecule has 0 unspecified atom stereocenters. The van der Waals surface area contributed by atoms with E-state index in [1.165, 1.54) is 22.0 Å². The van der Waals surface area contributed by atoms with Crippen LogP contribution in [0.2, 0.25) is 0 Å². The summed E-state index contributed by atoms with van der Waals surface area (Å²) in [6, 6.07) is 14.5. The summed E-state index contributed by atoms with van der Waals surface area (Å²) in [6.45, 7) is 2.89. The number of aromatic nitrogens is 1. The second-order valence-electron chi connectivity index (χ2n) is 4.89. The lowest BCUT2D eigenvalue weighted by molar-refractivity contribution is 0.414. The van der Waals surface area contributed by atoms with Gasteiger partial charge in [0.1, 0.15) is 5.75 Å². The molecule has 0 fully saturated rings. The molecule has 0 aliphatic heterocycles. The number of aryl methyl sites for hydroxylation is 1. The molecule has 3 nitrogen and oxygen atoms in total. The molecule has 0 saturated carbocycles. The van der Waals surface area contributed by atoms with E-state index in [0.29, 0.717) is 0 Å². The molecule has 0 aliphatic carbocycles. The minimum Gasteiger partial charge on any atom is -0.497 e. The summed E-state index contributed by atoms with van der Waals surface area (Å²) in [7, 11) is 1.69. The molecule has 0 atom stereocenters. The molecule has 2 aromatic carbocycles. The zero-order valence-electron chi connectivity index (χ0n) is 11.7. The van der Waals surface area contributed by atoms with Crippen LogP contribution in [-0.2, 0) is 6.54 Å². The van der Waals surface area contributed by atoms with Crippen molar-refractivity contribution >= 4 is 16.6 Å². The number of ether oxygens (including phenoxy) is 1. The molecule has 3 heteroatoms. The maximum Gasteiger partial charge on any atom is 0.119 e. The van der Waals surface area contributed by atoms with Crippen molar-refractivity contribution in [2.45, 2.75) is 13.5 Å². The second kappa shape index (κ2) is 5.29. The molecular weight excluding hydrogens is 248 g/mol. The average molecular weight is 266 g/mol. The third-order valence-electron chi connectivity index (χ3n) is 3.59. The smallest absolute Gasteiger partial charge is 0.119 e. The van der Waals surface area contributed by atoms with Crippen molar-refractivity contribution in [2.75, 3.05) is 12.4 Å². The Balaban J connectivity index is 1.81. The van der Waals surface area contributed by atoms with Crippen molar-refractivity contribution in [1.29, 1.82) is 0 Å². The fourth-order valence-electron chi connectivity index (χ4n) is 2.46. The molecule has 0 amide bonds. The third-order valence-corrected chi connectivity index (χ3v) is 3.59. The summed E-state index contributed by atoms with van der Waals surface area (Å²) in [5.41, 5.74) is 4.79. The van der Waals surface area contributed by atoms with Gasteiger partial charge in [-0.15, -0.1) is 0 Å². The number of methoxy groups -OCH3 is 1. The summed E-state index contributed by atoms with van der Waals surface area (Å²) in [6.07, 6.45) is 1.98. The van der Waals surface area contributed by atoms with Crippen molar-refractivity contribution < 1.29 is 4.74 Å². The first-order valence-electron chi connectivity index (χ1n) is 6.71. The first-order chi connectivity index (χ1) is 9.78. The lowest BCUT2D eigenvalue weighted by Gasteiger charge is -2.11. The van der Waals surface area contributed by atoms with E-state index in [9.17, 15) is 0 Å². The fourth-order valence-corrected chi connectivity index (χ4v) is 2.46. The molecule has 0 saturated heterocycles. The number of benzene rings is 2. The van der Waals surface area contributed by atoms with Crippen LogP contribution in [0.25, 0.3) is 10.9 Å². The number of nitrogens with one attached hydrogen (secondary N) is 2. The van der Waals surface area contributed by atoms with E-state index in [0.717, 1.165) is 18.0 Å². The monoisotopic (exact) mass is 266 g/mol. The Morgan fingerprint density at radius 3 is 2.85 bits per heavy atom. The van der Waals surface area contributed by atoms with Crippen molar-refractivity contribution in [1.82, 2.24) is 4.98 Å². The minimum absolute atomic E-state index is 0.808. The maximum absolute atomic E-state index is 5.23. The molecule has 20 heavy (non-hydrogen) atoms. The van der Waals surface area contributed by atoms with Crippen molar-refractivity contribution in [3.05, 3.63) is 59.8 Å². The number of hydrogen-bond acceptors (Lipinski definition) is 2. The predicted molar refractivity (Wildman–Crippen MR) is 83.4 cm³/mol. The van der Waals surface area contributed by atoms with Gasteiger partial charge in [0.2, 0.25) is 0 Å². The highest BCUT2D eigenvalue weighted by molar-refractivity contribution is 5.83. The van der Waals surface area contributed by atoms with Crippen LogP contribution in [0.15, 0.2) is 48.7 Å². The second-order valence-corrected chi connectivity index (χ2v) is 4.89.